The van der Waals surface area contributed by atoms with Crippen LogP contribution in [-0.2, 0) is 13.5 Å². The maximum Gasteiger partial charge on any atom is 0.115 e. The minimum absolute atomic E-state index is 0.313. The molecule has 4 heteroatoms. The van der Waals surface area contributed by atoms with Gasteiger partial charge in [0.15, 0.2) is 0 Å². The van der Waals surface area contributed by atoms with Crippen molar-refractivity contribution in [2.75, 3.05) is 5.75 Å². The molecule has 0 atom stereocenters. The molecule has 0 aliphatic heterocycles. The number of phenols is 1. The van der Waals surface area contributed by atoms with Crippen LogP contribution in [0, 0.1) is 0 Å². The summed E-state index contributed by atoms with van der Waals surface area (Å²) in [5.74, 6) is 2.41. The Morgan fingerprint density at radius 3 is 2.69 bits per heavy atom. The van der Waals surface area contributed by atoms with E-state index in [9.17, 15) is 0 Å². The van der Waals surface area contributed by atoms with Gasteiger partial charge in [-0.2, -0.15) is 0 Å². The smallest absolute Gasteiger partial charge is 0.115 e. The fourth-order valence-corrected chi connectivity index (χ4v) is 2.29. The van der Waals surface area contributed by atoms with Crippen LogP contribution in [0.15, 0.2) is 41.6 Å². The summed E-state index contributed by atoms with van der Waals surface area (Å²) in [7, 11) is 2.01. The number of aryl methyl sites for hydroxylation is 2. The lowest BCUT2D eigenvalue weighted by molar-refractivity contribution is 0.475. The van der Waals surface area contributed by atoms with Crippen LogP contribution in [-0.4, -0.2) is 20.4 Å². The van der Waals surface area contributed by atoms with E-state index in [2.05, 4.69) is 4.98 Å². The molecule has 0 amide bonds. The van der Waals surface area contributed by atoms with Gasteiger partial charge >= 0.3 is 0 Å². The molecule has 16 heavy (non-hydrogen) atoms. The molecule has 1 heterocycles. The highest BCUT2D eigenvalue weighted by molar-refractivity contribution is 7.99. The largest absolute Gasteiger partial charge is 0.508 e. The van der Waals surface area contributed by atoms with Gasteiger partial charge in [0.05, 0.1) is 0 Å². The van der Waals surface area contributed by atoms with Crippen LogP contribution in [0.3, 0.4) is 0 Å². The number of benzene rings is 1. The number of thioether (sulfide) groups is 1. The molecule has 0 saturated heterocycles. The molecule has 0 spiro atoms. The topological polar surface area (TPSA) is 38.0 Å². The number of hydrogen-bond acceptors (Lipinski definition) is 3. The monoisotopic (exact) mass is 234 g/mol. The van der Waals surface area contributed by atoms with Gasteiger partial charge in [-0.3, -0.25) is 0 Å². The fourth-order valence-electron chi connectivity index (χ4n) is 1.44. The predicted octanol–water partition coefficient (Wildman–Crippen LogP) is 2.46. The van der Waals surface area contributed by atoms with Crippen LogP contribution in [0.2, 0.25) is 0 Å². The van der Waals surface area contributed by atoms with Gasteiger partial charge < -0.3 is 9.67 Å². The zero-order valence-corrected chi connectivity index (χ0v) is 9.94. The van der Waals surface area contributed by atoms with Gasteiger partial charge in [-0.15, -0.1) is 11.8 Å². The second kappa shape index (κ2) is 5.07. The van der Waals surface area contributed by atoms with E-state index in [0.717, 1.165) is 18.0 Å². The number of rotatable bonds is 4. The summed E-state index contributed by atoms with van der Waals surface area (Å²) in [5.41, 5.74) is 0. The SMILES string of the molecule is Cn1ccnc1CCSc1ccc(O)cc1. The normalized spacial score (nSPS) is 10.6. The first-order chi connectivity index (χ1) is 7.75. The molecule has 2 aromatic rings. The Morgan fingerprint density at radius 2 is 2.06 bits per heavy atom. The number of aromatic nitrogens is 2. The zero-order valence-electron chi connectivity index (χ0n) is 9.13. The third-order valence-corrected chi connectivity index (χ3v) is 3.37. The van der Waals surface area contributed by atoms with Crippen molar-refractivity contribution in [3.8, 4) is 5.75 Å². The average molecular weight is 234 g/mol. The Bertz CT molecular complexity index is 450. The molecule has 0 saturated carbocycles. The molecule has 0 aliphatic rings. The van der Waals surface area contributed by atoms with E-state index < -0.39 is 0 Å². The Balaban J connectivity index is 1.84. The Kier molecular flexibility index (Phi) is 3.51. The number of nitrogens with zero attached hydrogens (tertiary/aromatic N) is 2. The van der Waals surface area contributed by atoms with E-state index in [4.69, 9.17) is 5.11 Å². The van der Waals surface area contributed by atoms with Crippen LogP contribution >= 0.6 is 11.8 Å². The minimum atomic E-state index is 0.313. The molecule has 1 N–H and O–H groups in total. The fraction of sp³-hybridized carbons (Fsp3) is 0.250. The molecule has 1 aromatic heterocycles. The first kappa shape index (κ1) is 11.1. The number of aromatic hydroxyl groups is 1. The summed E-state index contributed by atoms with van der Waals surface area (Å²) >= 11 is 1.77. The van der Waals surface area contributed by atoms with Crippen molar-refractivity contribution in [2.24, 2.45) is 7.05 Å². The van der Waals surface area contributed by atoms with Crippen molar-refractivity contribution in [2.45, 2.75) is 11.3 Å². The molecule has 0 bridgehead atoms. The van der Waals surface area contributed by atoms with Crippen molar-refractivity contribution in [3.63, 3.8) is 0 Å². The van der Waals surface area contributed by atoms with Crippen LogP contribution in [0.1, 0.15) is 5.82 Å². The molecule has 0 radical (unpaired) electrons. The Hall–Kier alpha value is -1.42. The summed E-state index contributed by atoms with van der Waals surface area (Å²) in [5, 5.41) is 9.15. The summed E-state index contributed by atoms with van der Waals surface area (Å²) in [6, 6.07) is 7.28. The Morgan fingerprint density at radius 1 is 1.31 bits per heavy atom. The second-order valence-corrected chi connectivity index (χ2v) is 4.72. The van der Waals surface area contributed by atoms with Gasteiger partial charge in [0.25, 0.3) is 0 Å². The lowest BCUT2D eigenvalue weighted by Crippen LogP contribution is -1.98. The van der Waals surface area contributed by atoms with Crippen molar-refractivity contribution in [1.29, 1.82) is 0 Å². The van der Waals surface area contributed by atoms with Crippen molar-refractivity contribution < 1.29 is 5.11 Å². The molecule has 84 valence electrons. The average Bonchev–Trinajstić information content (AvgIpc) is 2.68. The van der Waals surface area contributed by atoms with Gasteiger partial charge in [0.1, 0.15) is 11.6 Å². The van der Waals surface area contributed by atoms with E-state index in [1.807, 2.05) is 36.1 Å². The molecular weight excluding hydrogens is 220 g/mol. The predicted molar refractivity (Wildman–Crippen MR) is 65.7 cm³/mol. The maximum atomic E-state index is 9.15. The minimum Gasteiger partial charge on any atom is -0.508 e. The van der Waals surface area contributed by atoms with Gasteiger partial charge in [-0.1, -0.05) is 0 Å². The first-order valence-corrected chi connectivity index (χ1v) is 6.12. The first-order valence-electron chi connectivity index (χ1n) is 5.14. The van der Waals surface area contributed by atoms with Gasteiger partial charge in [-0.25, -0.2) is 4.98 Å². The number of phenolic OH excluding ortho intramolecular Hbond substituents is 1. The van der Waals surface area contributed by atoms with E-state index in [0.29, 0.717) is 5.75 Å². The highest BCUT2D eigenvalue weighted by Gasteiger charge is 2.00. The molecule has 3 nitrogen and oxygen atoms in total. The number of hydrogen-bond donors (Lipinski definition) is 1. The third-order valence-electron chi connectivity index (χ3n) is 2.35. The van der Waals surface area contributed by atoms with Crippen molar-refractivity contribution in [3.05, 3.63) is 42.5 Å². The standard InChI is InChI=1S/C12H14N2OS/c1-14-8-7-13-12(14)6-9-16-11-4-2-10(15)3-5-11/h2-5,7-8,15H,6,9H2,1H3. The molecule has 0 fully saturated rings. The summed E-state index contributed by atoms with van der Waals surface area (Å²) in [6.45, 7) is 0. The number of imidazole rings is 1. The maximum absolute atomic E-state index is 9.15. The highest BCUT2D eigenvalue weighted by atomic mass is 32.2. The second-order valence-electron chi connectivity index (χ2n) is 3.55. The van der Waals surface area contributed by atoms with Crippen molar-refractivity contribution in [1.82, 2.24) is 9.55 Å². The molecule has 1 aromatic carbocycles. The molecular formula is C12H14N2OS. The lowest BCUT2D eigenvalue weighted by atomic mass is 10.3. The van der Waals surface area contributed by atoms with Gasteiger partial charge in [0.2, 0.25) is 0 Å². The quantitative estimate of drug-likeness (QED) is 0.826. The van der Waals surface area contributed by atoms with E-state index in [1.54, 1.807) is 23.9 Å². The molecule has 2 rings (SSSR count). The van der Waals surface area contributed by atoms with Crippen LogP contribution in [0.25, 0.3) is 0 Å². The molecule has 0 unspecified atom stereocenters. The van der Waals surface area contributed by atoms with Gasteiger partial charge in [-0.05, 0) is 24.3 Å². The zero-order chi connectivity index (χ0) is 11.4. The Labute approximate surface area is 99.1 Å². The molecule has 0 aliphatic carbocycles. The van der Waals surface area contributed by atoms with Crippen LogP contribution in [0.5, 0.6) is 5.75 Å². The van der Waals surface area contributed by atoms with Crippen molar-refractivity contribution >= 4 is 11.8 Å². The van der Waals surface area contributed by atoms with Gasteiger partial charge in [0, 0.05) is 36.5 Å². The van der Waals surface area contributed by atoms with E-state index in [1.165, 1.54) is 4.90 Å². The summed E-state index contributed by atoms with van der Waals surface area (Å²) < 4.78 is 2.04. The summed E-state index contributed by atoms with van der Waals surface area (Å²) in [4.78, 5) is 5.44. The lowest BCUT2D eigenvalue weighted by Gasteiger charge is -2.02. The highest BCUT2D eigenvalue weighted by Crippen LogP contribution is 2.21. The van der Waals surface area contributed by atoms with E-state index >= 15 is 0 Å². The van der Waals surface area contributed by atoms with Crippen LogP contribution in [0.4, 0.5) is 0 Å². The third kappa shape index (κ3) is 2.79. The summed E-state index contributed by atoms with van der Waals surface area (Å²) in [6.07, 6.45) is 4.73. The van der Waals surface area contributed by atoms with Crippen LogP contribution < -0.4 is 0 Å². The van der Waals surface area contributed by atoms with E-state index in [-0.39, 0.29) is 0 Å².